The van der Waals surface area contributed by atoms with Crippen LogP contribution in [0.5, 0.6) is 5.75 Å². The minimum Gasteiger partial charge on any atom is -0.465 e. The average molecular weight is 209 g/mol. The molecule has 0 atom stereocenters. The standard InChI is InChI=1S/C10H11NO4/c1-6(12)15-9-5-7(11)3-4-8(9)10(13)14-2/h3-5H,11H2,1-2H3. The predicted molar refractivity (Wildman–Crippen MR) is 53.5 cm³/mol. The van der Waals surface area contributed by atoms with E-state index in [0.717, 1.165) is 0 Å². The molecule has 5 heteroatoms. The fourth-order valence-electron chi connectivity index (χ4n) is 1.06. The van der Waals surface area contributed by atoms with Gasteiger partial charge in [0.1, 0.15) is 11.3 Å². The maximum Gasteiger partial charge on any atom is 0.341 e. The second kappa shape index (κ2) is 4.45. The maximum atomic E-state index is 11.3. The SMILES string of the molecule is COC(=O)c1ccc(N)cc1OC(C)=O. The summed E-state index contributed by atoms with van der Waals surface area (Å²) in [6.45, 7) is 1.24. The Bertz CT molecular complexity index is 400. The average Bonchev–Trinajstić information content (AvgIpc) is 2.16. The van der Waals surface area contributed by atoms with Crippen molar-refractivity contribution in [3.8, 4) is 5.75 Å². The summed E-state index contributed by atoms with van der Waals surface area (Å²) in [5, 5.41) is 0. The molecule has 0 spiro atoms. The number of methoxy groups -OCH3 is 1. The molecule has 0 unspecified atom stereocenters. The number of hydrogen-bond acceptors (Lipinski definition) is 5. The van der Waals surface area contributed by atoms with Gasteiger partial charge in [-0.25, -0.2) is 4.79 Å². The van der Waals surface area contributed by atoms with Crippen LogP contribution in [0.25, 0.3) is 0 Å². The third-order valence-corrected chi connectivity index (χ3v) is 1.66. The lowest BCUT2D eigenvalue weighted by atomic mass is 10.2. The van der Waals surface area contributed by atoms with E-state index in [1.54, 1.807) is 0 Å². The highest BCUT2D eigenvalue weighted by molar-refractivity contribution is 5.93. The summed E-state index contributed by atoms with van der Waals surface area (Å²) in [5.41, 5.74) is 6.07. The quantitative estimate of drug-likeness (QED) is 0.446. The van der Waals surface area contributed by atoms with E-state index in [1.165, 1.54) is 32.2 Å². The Kier molecular flexibility index (Phi) is 3.28. The Hall–Kier alpha value is -2.04. The van der Waals surface area contributed by atoms with Gasteiger partial charge in [0.25, 0.3) is 0 Å². The van der Waals surface area contributed by atoms with Crippen LogP contribution < -0.4 is 10.5 Å². The number of nitrogens with two attached hydrogens (primary N) is 1. The third-order valence-electron chi connectivity index (χ3n) is 1.66. The summed E-state index contributed by atoms with van der Waals surface area (Å²) in [5.74, 6) is -0.994. The Morgan fingerprint density at radius 1 is 1.33 bits per heavy atom. The van der Waals surface area contributed by atoms with Crippen molar-refractivity contribution in [2.24, 2.45) is 0 Å². The van der Waals surface area contributed by atoms with E-state index < -0.39 is 11.9 Å². The zero-order valence-electron chi connectivity index (χ0n) is 8.44. The summed E-state index contributed by atoms with van der Waals surface area (Å²) < 4.78 is 9.36. The van der Waals surface area contributed by atoms with Crippen LogP contribution in [0.1, 0.15) is 17.3 Å². The molecule has 1 aromatic rings. The monoisotopic (exact) mass is 209 g/mol. The number of hydrogen-bond donors (Lipinski definition) is 1. The number of carbonyl (C=O) groups is 2. The van der Waals surface area contributed by atoms with Crippen LogP contribution in [-0.4, -0.2) is 19.0 Å². The van der Waals surface area contributed by atoms with Gasteiger partial charge in [0.05, 0.1) is 7.11 Å². The smallest absolute Gasteiger partial charge is 0.341 e. The first kappa shape index (κ1) is 11.0. The number of ether oxygens (including phenoxy) is 2. The van der Waals surface area contributed by atoms with Crippen molar-refractivity contribution < 1.29 is 19.1 Å². The van der Waals surface area contributed by atoms with Gasteiger partial charge in [-0.2, -0.15) is 0 Å². The van der Waals surface area contributed by atoms with Crippen LogP contribution in [0.4, 0.5) is 5.69 Å². The Labute approximate surface area is 86.8 Å². The van der Waals surface area contributed by atoms with Crippen molar-refractivity contribution >= 4 is 17.6 Å². The van der Waals surface area contributed by atoms with E-state index >= 15 is 0 Å². The Balaban J connectivity index is 3.13. The Morgan fingerprint density at radius 2 is 2.00 bits per heavy atom. The van der Waals surface area contributed by atoms with Crippen LogP contribution in [-0.2, 0) is 9.53 Å². The molecule has 0 saturated heterocycles. The molecule has 0 aliphatic rings. The zero-order chi connectivity index (χ0) is 11.4. The normalized spacial score (nSPS) is 9.47. The maximum absolute atomic E-state index is 11.3. The van der Waals surface area contributed by atoms with Crippen LogP contribution in [0, 0.1) is 0 Å². The second-order valence-electron chi connectivity index (χ2n) is 2.84. The topological polar surface area (TPSA) is 78.6 Å². The van der Waals surface area contributed by atoms with Crippen LogP contribution >= 0.6 is 0 Å². The molecule has 2 N–H and O–H groups in total. The molecule has 0 aliphatic carbocycles. The number of anilines is 1. The van der Waals surface area contributed by atoms with Gasteiger partial charge in [0.2, 0.25) is 0 Å². The summed E-state index contributed by atoms with van der Waals surface area (Å²) in [7, 11) is 1.25. The summed E-state index contributed by atoms with van der Waals surface area (Å²) in [6.07, 6.45) is 0. The lowest BCUT2D eigenvalue weighted by Crippen LogP contribution is -2.09. The van der Waals surface area contributed by atoms with E-state index in [9.17, 15) is 9.59 Å². The van der Waals surface area contributed by atoms with Crippen molar-refractivity contribution in [3.63, 3.8) is 0 Å². The fourth-order valence-corrected chi connectivity index (χ4v) is 1.06. The van der Waals surface area contributed by atoms with E-state index in [4.69, 9.17) is 10.5 Å². The Morgan fingerprint density at radius 3 is 2.53 bits per heavy atom. The molecule has 0 radical (unpaired) electrons. The van der Waals surface area contributed by atoms with E-state index in [2.05, 4.69) is 4.74 Å². The fraction of sp³-hybridized carbons (Fsp3) is 0.200. The summed E-state index contributed by atoms with van der Waals surface area (Å²) in [4.78, 5) is 22.0. The van der Waals surface area contributed by atoms with Gasteiger partial charge >= 0.3 is 11.9 Å². The van der Waals surface area contributed by atoms with Crippen LogP contribution in [0.15, 0.2) is 18.2 Å². The molecule has 1 aromatic carbocycles. The number of carbonyl (C=O) groups excluding carboxylic acids is 2. The molecular formula is C10H11NO4. The van der Waals surface area contributed by atoms with Gasteiger partial charge in [-0.3, -0.25) is 4.79 Å². The van der Waals surface area contributed by atoms with E-state index in [1.807, 2.05) is 0 Å². The van der Waals surface area contributed by atoms with Gasteiger partial charge in [-0.15, -0.1) is 0 Å². The molecule has 0 amide bonds. The highest BCUT2D eigenvalue weighted by atomic mass is 16.5. The van der Waals surface area contributed by atoms with Gasteiger partial charge in [-0.1, -0.05) is 0 Å². The molecule has 5 nitrogen and oxygen atoms in total. The molecule has 0 bridgehead atoms. The lowest BCUT2D eigenvalue weighted by molar-refractivity contribution is -0.131. The number of rotatable bonds is 2. The van der Waals surface area contributed by atoms with Crippen molar-refractivity contribution in [2.75, 3.05) is 12.8 Å². The van der Waals surface area contributed by atoms with E-state index in [0.29, 0.717) is 5.69 Å². The van der Waals surface area contributed by atoms with Gasteiger partial charge < -0.3 is 15.2 Å². The van der Waals surface area contributed by atoms with Crippen molar-refractivity contribution in [1.82, 2.24) is 0 Å². The zero-order valence-corrected chi connectivity index (χ0v) is 8.44. The largest absolute Gasteiger partial charge is 0.465 e. The minimum absolute atomic E-state index is 0.106. The molecule has 0 aromatic heterocycles. The minimum atomic E-state index is -0.578. The van der Waals surface area contributed by atoms with Gasteiger partial charge in [0, 0.05) is 18.7 Å². The molecule has 15 heavy (non-hydrogen) atoms. The second-order valence-corrected chi connectivity index (χ2v) is 2.84. The molecule has 0 heterocycles. The molecule has 80 valence electrons. The lowest BCUT2D eigenvalue weighted by Gasteiger charge is -2.07. The van der Waals surface area contributed by atoms with Crippen molar-refractivity contribution in [3.05, 3.63) is 23.8 Å². The van der Waals surface area contributed by atoms with E-state index in [-0.39, 0.29) is 11.3 Å². The number of nitrogen functional groups attached to an aromatic ring is 1. The molecule has 1 rings (SSSR count). The van der Waals surface area contributed by atoms with Gasteiger partial charge in [-0.05, 0) is 12.1 Å². The first-order valence-electron chi connectivity index (χ1n) is 4.21. The number of esters is 2. The third kappa shape index (κ3) is 2.70. The summed E-state index contributed by atoms with van der Waals surface area (Å²) in [6, 6.07) is 4.37. The van der Waals surface area contributed by atoms with Crippen molar-refractivity contribution in [2.45, 2.75) is 6.92 Å². The van der Waals surface area contributed by atoms with Crippen LogP contribution in [0.2, 0.25) is 0 Å². The summed E-state index contributed by atoms with van der Waals surface area (Å²) >= 11 is 0. The predicted octanol–water partition coefficient (Wildman–Crippen LogP) is 0.981. The molecule has 0 fully saturated rings. The molecular weight excluding hydrogens is 198 g/mol. The first-order valence-corrected chi connectivity index (χ1v) is 4.21. The highest BCUT2D eigenvalue weighted by Crippen LogP contribution is 2.22. The molecule has 0 saturated carbocycles. The van der Waals surface area contributed by atoms with Crippen molar-refractivity contribution in [1.29, 1.82) is 0 Å². The van der Waals surface area contributed by atoms with Gasteiger partial charge in [0.15, 0.2) is 0 Å². The first-order chi connectivity index (χ1) is 7.04. The number of benzene rings is 1. The molecule has 0 aliphatic heterocycles. The van der Waals surface area contributed by atoms with Crippen LogP contribution in [0.3, 0.4) is 0 Å². The highest BCUT2D eigenvalue weighted by Gasteiger charge is 2.14.